The van der Waals surface area contributed by atoms with Crippen LogP contribution in [0.5, 0.6) is 0 Å². The van der Waals surface area contributed by atoms with Crippen LogP contribution in [-0.4, -0.2) is 45.8 Å². The first-order valence-corrected chi connectivity index (χ1v) is 12.4. The Morgan fingerprint density at radius 1 is 1.03 bits per heavy atom. The highest BCUT2D eigenvalue weighted by Crippen LogP contribution is 2.28. The zero-order valence-corrected chi connectivity index (χ0v) is 20.1. The summed E-state index contributed by atoms with van der Waals surface area (Å²) in [6.45, 7) is 7.36. The van der Waals surface area contributed by atoms with E-state index in [1.807, 2.05) is 56.0 Å². The van der Waals surface area contributed by atoms with Crippen molar-refractivity contribution in [3.05, 3.63) is 58.7 Å². The number of likely N-dealkylation sites (tertiary alicyclic amines) is 1. The van der Waals surface area contributed by atoms with Crippen molar-refractivity contribution in [2.45, 2.75) is 83.6 Å². The fraction of sp³-hybridized carbons (Fsp3) is 0.556. The maximum Gasteiger partial charge on any atom is 0.229 e. The zero-order valence-electron chi connectivity index (χ0n) is 20.1. The predicted octanol–water partition coefficient (Wildman–Crippen LogP) is 4.20. The van der Waals surface area contributed by atoms with Crippen molar-refractivity contribution in [1.82, 2.24) is 20.2 Å². The number of nitrogens with zero attached hydrogens (tertiary/aromatic N) is 3. The molecule has 6 nitrogen and oxygen atoms in total. The highest BCUT2D eigenvalue weighted by molar-refractivity contribution is 5.83. The van der Waals surface area contributed by atoms with Gasteiger partial charge < -0.3 is 10.2 Å². The van der Waals surface area contributed by atoms with Crippen molar-refractivity contribution >= 4 is 11.8 Å². The van der Waals surface area contributed by atoms with Crippen LogP contribution in [0.3, 0.4) is 0 Å². The van der Waals surface area contributed by atoms with E-state index in [-0.39, 0.29) is 23.7 Å². The quantitative estimate of drug-likeness (QED) is 0.719. The SMILES string of the molecule is Cc1nc(C2CCCN(C(=O)C(C)c3ccccc3)C2)nc(C)c1CC(=O)NC1CCCC1. The van der Waals surface area contributed by atoms with Crippen molar-refractivity contribution in [2.75, 3.05) is 13.1 Å². The summed E-state index contributed by atoms with van der Waals surface area (Å²) in [6.07, 6.45) is 6.82. The van der Waals surface area contributed by atoms with Crippen molar-refractivity contribution in [1.29, 1.82) is 0 Å². The first kappa shape index (κ1) is 23.4. The Kier molecular flexibility index (Phi) is 7.41. The molecule has 33 heavy (non-hydrogen) atoms. The first-order chi connectivity index (χ1) is 15.9. The van der Waals surface area contributed by atoms with Gasteiger partial charge in [-0.25, -0.2) is 9.97 Å². The number of rotatable bonds is 6. The number of piperidine rings is 1. The second-order valence-electron chi connectivity index (χ2n) is 9.71. The summed E-state index contributed by atoms with van der Waals surface area (Å²) in [5, 5.41) is 3.16. The molecule has 1 aliphatic heterocycles. The number of hydrogen-bond donors (Lipinski definition) is 1. The number of nitrogens with one attached hydrogen (secondary N) is 1. The molecule has 1 saturated heterocycles. The van der Waals surface area contributed by atoms with Gasteiger partial charge in [-0.05, 0) is 52.0 Å². The van der Waals surface area contributed by atoms with Gasteiger partial charge in [0.25, 0.3) is 0 Å². The van der Waals surface area contributed by atoms with Crippen molar-refractivity contribution < 1.29 is 9.59 Å². The molecule has 2 unspecified atom stereocenters. The largest absolute Gasteiger partial charge is 0.353 e. The Bertz CT molecular complexity index is 962. The van der Waals surface area contributed by atoms with Gasteiger partial charge in [0.2, 0.25) is 11.8 Å². The van der Waals surface area contributed by atoms with E-state index in [2.05, 4.69) is 5.32 Å². The van der Waals surface area contributed by atoms with Gasteiger partial charge in [-0.2, -0.15) is 0 Å². The number of aryl methyl sites for hydroxylation is 2. The predicted molar refractivity (Wildman–Crippen MR) is 129 cm³/mol. The minimum absolute atomic E-state index is 0.0637. The highest BCUT2D eigenvalue weighted by Gasteiger charge is 2.30. The van der Waals surface area contributed by atoms with Crippen LogP contribution in [0.15, 0.2) is 30.3 Å². The fourth-order valence-corrected chi connectivity index (χ4v) is 5.26. The molecule has 2 fully saturated rings. The van der Waals surface area contributed by atoms with E-state index >= 15 is 0 Å². The molecular weight excluding hydrogens is 412 g/mol. The lowest BCUT2D eigenvalue weighted by Gasteiger charge is -2.34. The molecule has 2 atom stereocenters. The zero-order chi connectivity index (χ0) is 23.4. The smallest absolute Gasteiger partial charge is 0.229 e. The molecule has 1 aliphatic carbocycles. The lowest BCUT2D eigenvalue weighted by molar-refractivity contribution is -0.133. The highest BCUT2D eigenvalue weighted by atomic mass is 16.2. The van der Waals surface area contributed by atoms with E-state index in [1.54, 1.807) is 0 Å². The molecule has 0 bridgehead atoms. The van der Waals surface area contributed by atoms with Crippen LogP contribution in [-0.2, 0) is 16.0 Å². The summed E-state index contributed by atoms with van der Waals surface area (Å²) in [5.41, 5.74) is 3.73. The van der Waals surface area contributed by atoms with Crippen LogP contribution < -0.4 is 5.32 Å². The Morgan fingerprint density at radius 2 is 1.70 bits per heavy atom. The van der Waals surface area contributed by atoms with E-state index < -0.39 is 0 Å². The molecule has 4 rings (SSSR count). The summed E-state index contributed by atoms with van der Waals surface area (Å²) in [7, 11) is 0. The van der Waals surface area contributed by atoms with Gasteiger partial charge in [-0.3, -0.25) is 9.59 Å². The normalized spacial score (nSPS) is 20.0. The molecule has 2 aliphatic rings. The van der Waals surface area contributed by atoms with Gasteiger partial charge in [-0.15, -0.1) is 0 Å². The molecule has 1 N–H and O–H groups in total. The number of hydrogen-bond acceptors (Lipinski definition) is 4. The number of carbonyl (C=O) groups is 2. The number of benzene rings is 1. The van der Waals surface area contributed by atoms with Crippen molar-refractivity contribution in [3.63, 3.8) is 0 Å². The molecule has 2 amide bonds. The fourth-order valence-electron chi connectivity index (χ4n) is 5.26. The second-order valence-corrected chi connectivity index (χ2v) is 9.71. The molecule has 2 aromatic rings. The molecule has 6 heteroatoms. The Labute approximate surface area is 197 Å². The van der Waals surface area contributed by atoms with Crippen molar-refractivity contribution in [3.8, 4) is 0 Å². The van der Waals surface area contributed by atoms with Crippen LogP contribution in [0.1, 0.15) is 85.6 Å². The number of carbonyl (C=O) groups excluding carboxylic acids is 2. The molecule has 2 heterocycles. The van der Waals surface area contributed by atoms with Crippen LogP contribution >= 0.6 is 0 Å². The molecule has 1 aromatic heterocycles. The maximum atomic E-state index is 13.2. The van der Waals surface area contributed by atoms with E-state index in [0.29, 0.717) is 19.0 Å². The average Bonchev–Trinajstić information content (AvgIpc) is 3.34. The lowest BCUT2D eigenvalue weighted by atomic mass is 9.93. The van der Waals surface area contributed by atoms with Gasteiger partial charge >= 0.3 is 0 Å². The Morgan fingerprint density at radius 3 is 2.36 bits per heavy atom. The number of amides is 2. The minimum Gasteiger partial charge on any atom is -0.353 e. The van der Waals surface area contributed by atoms with Crippen LogP contribution in [0.4, 0.5) is 0 Å². The van der Waals surface area contributed by atoms with Crippen LogP contribution in [0.25, 0.3) is 0 Å². The molecule has 1 saturated carbocycles. The van der Waals surface area contributed by atoms with E-state index in [1.165, 1.54) is 12.8 Å². The third-order valence-electron chi connectivity index (χ3n) is 7.26. The van der Waals surface area contributed by atoms with E-state index in [9.17, 15) is 9.59 Å². The van der Waals surface area contributed by atoms with Gasteiger partial charge in [0.05, 0.1) is 12.3 Å². The average molecular weight is 449 g/mol. The van der Waals surface area contributed by atoms with Gasteiger partial charge in [0.1, 0.15) is 5.82 Å². The Hall–Kier alpha value is -2.76. The van der Waals surface area contributed by atoms with E-state index in [4.69, 9.17) is 9.97 Å². The summed E-state index contributed by atoms with van der Waals surface area (Å²) in [4.78, 5) is 37.3. The van der Waals surface area contributed by atoms with Gasteiger partial charge in [0, 0.05) is 42.0 Å². The standard InChI is InChI=1S/C27H36N4O2/c1-18(21-10-5-4-6-11-21)27(33)31-15-9-12-22(17-31)26-28-19(2)24(20(3)29-26)16-25(32)30-23-13-7-8-14-23/h4-6,10-11,18,22-23H,7-9,12-17H2,1-3H3,(H,30,32). The number of aromatic nitrogens is 2. The molecule has 0 spiro atoms. The van der Waals surface area contributed by atoms with E-state index in [0.717, 1.165) is 60.6 Å². The monoisotopic (exact) mass is 448 g/mol. The van der Waals surface area contributed by atoms with Gasteiger partial charge in [0.15, 0.2) is 0 Å². The van der Waals surface area contributed by atoms with Crippen LogP contribution in [0.2, 0.25) is 0 Å². The second kappa shape index (κ2) is 10.4. The molecule has 1 aromatic carbocycles. The summed E-state index contributed by atoms with van der Waals surface area (Å²) >= 11 is 0. The minimum atomic E-state index is -0.157. The van der Waals surface area contributed by atoms with Gasteiger partial charge in [-0.1, -0.05) is 43.2 Å². The van der Waals surface area contributed by atoms with Crippen molar-refractivity contribution in [2.24, 2.45) is 0 Å². The molecule has 176 valence electrons. The summed E-state index contributed by atoms with van der Waals surface area (Å²) in [6, 6.07) is 10.3. The first-order valence-electron chi connectivity index (χ1n) is 12.4. The maximum absolute atomic E-state index is 13.2. The molecule has 0 radical (unpaired) electrons. The Balaban J connectivity index is 1.42. The summed E-state index contributed by atoms with van der Waals surface area (Å²) in [5.74, 6) is 1.00. The summed E-state index contributed by atoms with van der Waals surface area (Å²) < 4.78 is 0. The third kappa shape index (κ3) is 5.60. The lowest BCUT2D eigenvalue weighted by Crippen LogP contribution is -2.41. The molecular formula is C27H36N4O2. The van der Waals surface area contributed by atoms with Crippen LogP contribution in [0, 0.1) is 13.8 Å². The topological polar surface area (TPSA) is 75.2 Å². The third-order valence-corrected chi connectivity index (χ3v) is 7.26.